The molecule has 138 valence electrons. The van der Waals surface area contributed by atoms with Crippen LogP contribution >= 0.6 is 0 Å². The lowest BCUT2D eigenvalue weighted by Crippen LogP contribution is -2.33. The fraction of sp³-hybridized carbons (Fsp3) is 0.409. The molecule has 0 aromatic heterocycles. The summed E-state index contributed by atoms with van der Waals surface area (Å²) in [5.74, 6) is 0.822. The number of nitrogens with one attached hydrogen (secondary N) is 1. The Balaban J connectivity index is 1.46. The van der Waals surface area contributed by atoms with E-state index in [9.17, 15) is 4.79 Å². The summed E-state index contributed by atoms with van der Waals surface area (Å²) in [5.41, 5.74) is 1.02. The molecular formula is C22H28N2O2. The van der Waals surface area contributed by atoms with Crippen LogP contribution in [0.1, 0.15) is 31.2 Å². The molecule has 3 rings (SSSR count). The quantitative estimate of drug-likeness (QED) is 0.608. The zero-order valence-electron chi connectivity index (χ0n) is 15.5. The molecule has 4 nitrogen and oxygen atoms in total. The van der Waals surface area contributed by atoms with Gasteiger partial charge in [-0.25, -0.2) is 0 Å². The van der Waals surface area contributed by atoms with E-state index in [-0.39, 0.29) is 5.91 Å². The third-order valence-corrected chi connectivity index (χ3v) is 4.90. The van der Waals surface area contributed by atoms with E-state index >= 15 is 0 Å². The van der Waals surface area contributed by atoms with Gasteiger partial charge >= 0.3 is 0 Å². The summed E-state index contributed by atoms with van der Waals surface area (Å²) in [6, 6.07) is 12.1. The third kappa shape index (κ3) is 5.33. The van der Waals surface area contributed by atoms with Crippen molar-refractivity contribution in [1.29, 1.82) is 0 Å². The summed E-state index contributed by atoms with van der Waals surface area (Å²) in [7, 11) is 1.67. The highest BCUT2D eigenvalue weighted by Gasteiger charge is 2.08. The summed E-state index contributed by atoms with van der Waals surface area (Å²) in [5, 5.41) is 5.24. The first-order valence-corrected chi connectivity index (χ1v) is 9.51. The minimum atomic E-state index is -0.0292. The molecule has 1 aliphatic rings. The van der Waals surface area contributed by atoms with E-state index in [0.717, 1.165) is 41.6 Å². The second-order valence-corrected chi connectivity index (χ2v) is 6.85. The number of carbonyl (C=O) groups is 1. The van der Waals surface area contributed by atoms with Gasteiger partial charge in [0.15, 0.2) is 0 Å². The lowest BCUT2D eigenvalue weighted by atomic mass is 10.1. The molecule has 0 bridgehead atoms. The molecule has 0 radical (unpaired) electrons. The summed E-state index contributed by atoms with van der Waals surface area (Å²) >= 11 is 0. The van der Waals surface area contributed by atoms with E-state index in [1.807, 2.05) is 36.4 Å². The van der Waals surface area contributed by atoms with Crippen molar-refractivity contribution in [3.05, 3.63) is 48.0 Å². The monoisotopic (exact) mass is 352 g/mol. The number of fused-ring (bicyclic) bond motifs is 1. The lowest BCUT2D eigenvalue weighted by Gasteiger charge is -2.26. The van der Waals surface area contributed by atoms with Gasteiger partial charge in [-0.05, 0) is 79.5 Å². The first kappa shape index (κ1) is 18.5. The van der Waals surface area contributed by atoms with Gasteiger partial charge in [-0.2, -0.15) is 0 Å². The Bertz CT molecular complexity index is 764. The number of amides is 1. The number of carbonyl (C=O) groups excluding carboxylic acids is 1. The van der Waals surface area contributed by atoms with Gasteiger partial charge in [-0.15, -0.1) is 0 Å². The van der Waals surface area contributed by atoms with Gasteiger partial charge in [0.25, 0.3) is 0 Å². The van der Waals surface area contributed by atoms with Gasteiger partial charge < -0.3 is 15.0 Å². The van der Waals surface area contributed by atoms with Crippen molar-refractivity contribution in [2.24, 2.45) is 0 Å². The average Bonchev–Trinajstić information content (AvgIpc) is 2.70. The molecule has 1 N–H and O–H groups in total. The topological polar surface area (TPSA) is 41.6 Å². The molecule has 2 aromatic rings. The van der Waals surface area contributed by atoms with Crippen LogP contribution in [0.2, 0.25) is 0 Å². The van der Waals surface area contributed by atoms with Gasteiger partial charge in [0.1, 0.15) is 5.75 Å². The van der Waals surface area contributed by atoms with Gasteiger partial charge in [0, 0.05) is 12.6 Å². The van der Waals surface area contributed by atoms with Gasteiger partial charge in [0.05, 0.1) is 7.11 Å². The van der Waals surface area contributed by atoms with Crippen molar-refractivity contribution in [1.82, 2.24) is 10.2 Å². The van der Waals surface area contributed by atoms with Crippen LogP contribution in [0.3, 0.4) is 0 Å². The molecule has 1 heterocycles. The minimum Gasteiger partial charge on any atom is -0.497 e. The number of benzene rings is 2. The molecule has 1 aliphatic heterocycles. The molecule has 0 saturated carbocycles. The van der Waals surface area contributed by atoms with Crippen LogP contribution in [-0.2, 0) is 4.79 Å². The largest absolute Gasteiger partial charge is 0.497 e. The Kier molecular flexibility index (Phi) is 6.67. The van der Waals surface area contributed by atoms with Crippen LogP contribution in [0.15, 0.2) is 42.5 Å². The smallest absolute Gasteiger partial charge is 0.243 e. The van der Waals surface area contributed by atoms with Crippen molar-refractivity contribution < 1.29 is 9.53 Å². The highest BCUT2D eigenvalue weighted by Crippen LogP contribution is 2.22. The number of likely N-dealkylation sites (tertiary alicyclic amines) is 1. The van der Waals surface area contributed by atoms with E-state index in [0.29, 0.717) is 0 Å². The zero-order chi connectivity index (χ0) is 18.2. The lowest BCUT2D eigenvalue weighted by molar-refractivity contribution is -0.116. The molecular weight excluding hydrogens is 324 g/mol. The van der Waals surface area contributed by atoms with Crippen molar-refractivity contribution in [3.8, 4) is 5.75 Å². The van der Waals surface area contributed by atoms with E-state index in [1.165, 1.54) is 32.4 Å². The molecule has 1 amide bonds. The van der Waals surface area contributed by atoms with Crippen LogP contribution in [-0.4, -0.2) is 44.1 Å². The van der Waals surface area contributed by atoms with Crippen molar-refractivity contribution >= 4 is 22.8 Å². The Morgan fingerprint density at radius 1 is 1.12 bits per heavy atom. The van der Waals surface area contributed by atoms with Gasteiger partial charge in [0.2, 0.25) is 5.91 Å². The second-order valence-electron chi connectivity index (χ2n) is 6.85. The fourth-order valence-corrected chi connectivity index (χ4v) is 3.40. The summed E-state index contributed by atoms with van der Waals surface area (Å²) in [6.45, 7) is 4.23. The van der Waals surface area contributed by atoms with Crippen LogP contribution in [0.4, 0.5) is 0 Å². The number of hydrogen-bond acceptors (Lipinski definition) is 3. The number of hydrogen-bond donors (Lipinski definition) is 1. The first-order valence-electron chi connectivity index (χ1n) is 9.51. The predicted octanol–water partition coefficient (Wildman–Crippen LogP) is 3.85. The molecule has 2 aromatic carbocycles. The normalized spacial score (nSPS) is 15.4. The zero-order valence-corrected chi connectivity index (χ0v) is 15.5. The molecule has 0 atom stereocenters. The molecule has 1 fully saturated rings. The third-order valence-electron chi connectivity index (χ3n) is 4.90. The van der Waals surface area contributed by atoms with E-state index in [1.54, 1.807) is 13.2 Å². The van der Waals surface area contributed by atoms with E-state index < -0.39 is 0 Å². The molecule has 0 aliphatic carbocycles. The van der Waals surface area contributed by atoms with Crippen molar-refractivity contribution in [2.45, 2.75) is 25.7 Å². The Morgan fingerprint density at radius 3 is 2.69 bits per heavy atom. The summed E-state index contributed by atoms with van der Waals surface area (Å²) in [4.78, 5) is 14.5. The predicted molar refractivity (Wildman–Crippen MR) is 107 cm³/mol. The summed E-state index contributed by atoms with van der Waals surface area (Å²) in [6.07, 6.45) is 8.48. The number of rotatable bonds is 7. The van der Waals surface area contributed by atoms with Crippen molar-refractivity contribution in [2.75, 3.05) is 33.3 Å². The molecule has 4 heteroatoms. The highest BCUT2D eigenvalue weighted by atomic mass is 16.5. The molecule has 0 unspecified atom stereocenters. The van der Waals surface area contributed by atoms with Crippen LogP contribution in [0.5, 0.6) is 5.75 Å². The molecule has 26 heavy (non-hydrogen) atoms. The van der Waals surface area contributed by atoms with Crippen molar-refractivity contribution in [3.63, 3.8) is 0 Å². The Morgan fingerprint density at radius 2 is 1.88 bits per heavy atom. The van der Waals surface area contributed by atoms with E-state index in [4.69, 9.17) is 4.74 Å². The maximum atomic E-state index is 12.0. The Labute approximate surface area is 155 Å². The fourth-order valence-electron chi connectivity index (χ4n) is 3.40. The maximum absolute atomic E-state index is 12.0. The second kappa shape index (κ2) is 9.39. The summed E-state index contributed by atoms with van der Waals surface area (Å²) < 4.78 is 5.25. The van der Waals surface area contributed by atoms with Gasteiger partial charge in [-0.1, -0.05) is 24.6 Å². The maximum Gasteiger partial charge on any atom is 0.243 e. The average molecular weight is 352 g/mol. The minimum absolute atomic E-state index is 0.0292. The number of methoxy groups -OCH3 is 1. The SMILES string of the molecule is COc1ccc2cc(/C=C/C(=O)NCCCN3CCCCC3)ccc2c1. The highest BCUT2D eigenvalue weighted by molar-refractivity contribution is 5.93. The number of nitrogens with zero attached hydrogens (tertiary/aromatic N) is 1. The molecule has 0 spiro atoms. The van der Waals surface area contributed by atoms with Crippen LogP contribution in [0, 0.1) is 0 Å². The Hall–Kier alpha value is -2.33. The first-order chi connectivity index (χ1) is 12.7. The van der Waals surface area contributed by atoms with Crippen LogP contribution in [0.25, 0.3) is 16.8 Å². The van der Waals surface area contributed by atoms with E-state index in [2.05, 4.69) is 16.3 Å². The number of ether oxygens (including phenoxy) is 1. The van der Waals surface area contributed by atoms with Gasteiger partial charge in [-0.3, -0.25) is 4.79 Å². The molecule has 1 saturated heterocycles. The number of piperidine rings is 1. The standard InChI is InChI=1S/C22H28N2O2/c1-26-21-10-9-19-16-18(6-8-20(19)17-21)7-11-22(25)23-12-5-15-24-13-3-2-4-14-24/h6-11,16-17H,2-5,12-15H2,1H3,(H,23,25)/b11-7+. The van der Waals surface area contributed by atoms with Crippen LogP contribution < -0.4 is 10.1 Å².